The number of hydrogen-bond acceptors (Lipinski definition) is 3. The summed E-state index contributed by atoms with van der Waals surface area (Å²) < 4.78 is 37.4. The molecule has 0 heterocycles. The lowest BCUT2D eigenvalue weighted by Crippen LogP contribution is -2.01. The van der Waals surface area contributed by atoms with Crippen LogP contribution < -0.4 is 9.47 Å². The fourth-order valence-electron chi connectivity index (χ4n) is 1.72. The van der Waals surface area contributed by atoms with Crippen LogP contribution in [0.4, 0.5) is 8.78 Å². The number of rotatable bonds is 5. The van der Waals surface area contributed by atoms with E-state index in [9.17, 15) is 8.78 Å². The van der Waals surface area contributed by atoms with Crippen molar-refractivity contribution in [2.75, 3.05) is 7.11 Å². The molecule has 0 amide bonds. The first-order valence-corrected chi connectivity index (χ1v) is 5.98. The average Bonchev–Trinajstić information content (AvgIpc) is 2.46. The van der Waals surface area contributed by atoms with Crippen molar-refractivity contribution in [3.63, 3.8) is 0 Å². The van der Waals surface area contributed by atoms with Crippen LogP contribution in [-0.2, 0) is 13.2 Å². The van der Waals surface area contributed by atoms with Crippen molar-refractivity contribution in [3.05, 3.63) is 59.2 Å². The molecule has 20 heavy (non-hydrogen) atoms. The number of ether oxygens (including phenoxy) is 2. The Morgan fingerprint density at radius 1 is 1.00 bits per heavy atom. The van der Waals surface area contributed by atoms with E-state index in [2.05, 4.69) is 0 Å². The highest BCUT2D eigenvalue weighted by Gasteiger charge is 2.12. The fourth-order valence-corrected chi connectivity index (χ4v) is 1.72. The maximum Gasteiger partial charge on any atom is 0.191 e. The topological polar surface area (TPSA) is 38.7 Å². The summed E-state index contributed by atoms with van der Waals surface area (Å²) in [5.41, 5.74) is 0.924. The van der Waals surface area contributed by atoms with Gasteiger partial charge in [0.1, 0.15) is 12.4 Å². The highest BCUT2D eigenvalue weighted by atomic mass is 19.1. The number of aliphatic hydroxyl groups is 1. The smallest absolute Gasteiger partial charge is 0.191 e. The van der Waals surface area contributed by atoms with Crippen LogP contribution in [0.15, 0.2) is 36.4 Å². The Morgan fingerprint density at radius 2 is 1.60 bits per heavy atom. The Kier molecular flexibility index (Phi) is 4.53. The van der Waals surface area contributed by atoms with Gasteiger partial charge in [0.05, 0.1) is 13.7 Å². The van der Waals surface area contributed by atoms with Crippen LogP contribution in [0.5, 0.6) is 11.5 Å². The monoisotopic (exact) mass is 280 g/mol. The van der Waals surface area contributed by atoms with Gasteiger partial charge < -0.3 is 14.6 Å². The standard InChI is InChI=1S/C15H14F2O3/c1-19-12-4-2-10(3-5-12)9-20-15-13(16)6-11(8-18)7-14(15)17/h2-7,18H,8-9H2,1H3. The molecule has 2 aromatic carbocycles. The minimum Gasteiger partial charge on any atom is -0.497 e. The quantitative estimate of drug-likeness (QED) is 0.915. The Labute approximate surface area is 115 Å². The van der Waals surface area contributed by atoms with E-state index in [1.54, 1.807) is 31.4 Å². The molecular formula is C15H14F2O3. The van der Waals surface area contributed by atoms with E-state index >= 15 is 0 Å². The molecule has 2 aromatic rings. The van der Waals surface area contributed by atoms with Gasteiger partial charge in [0.2, 0.25) is 0 Å². The average molecular weight is 280 g/mol. The van der Waals surface area contributed by atoms with Crippen LogP contribution >= 0.6 is 0 Å². The van der Waals surface area contributed by atoms with E-state index in [1.807, 2.05) is 0 Å². The van der Waals surface area contributed by atoms with Crippen molar-refractivity contribution in [3.8, 4) is 11.5 Å². The van der Waals surface area contributed by atoms with Gasteiger partial charge in [-0.05, 0) is 35.4 Å². The van der Waals surface area contributed by atoms with Gasteiger partial charge in [0, 0.05) is 0 Å². The third-order valence-corrected chi connectivity index (χ3v) is 2.78. The fraction of sp³-hybridized carbons (Fsp3) is 0.200. The second kappa shape index (κ2) is 6.34. The van der Waals surface area contributed by atoms with Crippen LogP contribution in [0.2, 0.25) is 0 Å². The largest absolute Gasteiger partial charge is 0.497 e. The molecule has 3 nitrogen and oxygen atoms in total. The number of methoxy groups -OCH3 is 1. The van der Waals surface area contributed by atoms with E-state index in [1.165, 1.54) is 0 Å². The molecule has 106 valence electrons. The minimum atomic E-state index is -0.831. The van der Waals surface area contributed by atoms with Crippen molar-refractivity contribution in [2.45, 2.75) is 13.2 Å². The predicted octanol–water partition coefficient (Wildman–Crippen LogP) is 3.04. The number of halogens is 2. The molecule has 0 atom stereocenters. The van der Waals surface area contributed by atoms with Gasteiger partial charge in [-0.2, -0.15) is 0 Å². The first kappa shape index (κ1) is 14.3. The second-order valence-electron chi connectivity index (χ2n) is 4.18. The molecule has 2 rings (SSSR count). The van der Waals surface area contributed by atoms with Gasteiger partial charge in [-0.3, -0.25) is 0 Å². The van der Waals surface area contributed by atoms with E-state index in [0.717, 1.165) is 17.7 Å². The van der Waals surface area contributed by atoms with Gasteiger partial charge in [-0.25, -0.2) is 8.78 Å². The molecule has 0 saturated heterocycles. The highest BCUT2D eigenvalue weighted by Crippen LogP contribution is 2.24. The highest BCUT2D eigenvalue weighted by molar-refractivity contribution is 5.32. The Balaban J connectivity index is 2.10. The molecule has 1 N–H and O–H groups in total. The number of benzene rings is 2. The lowest BCUT2D eigenvalue weighted by atomic mass is 10.2. The summed E-state index contributed by atoms with van der Waals surface area (Å²) in [6.07, 6.45) is 0. The first-order chi connectivity index (χ1) is 9.63. The molecule has 0 radical (unpaired) electrons. The number of hydrogen-bond donors (Lipinski definition) is 1. The summed E-state index contributed by atoms with van der Waals surface area (Å²) in [6.45, 7) is -0.386. The first-order valence-electron chi connectivity index (χ1n) is 5.98. The Bertz CT molecular complexity index is 559. The van der Waals surface area contributed by atoms with Crippen LogP contribution in [0.1, 0.15) is 11.1 Å². The van der Waals surface area contributed by atoms with E-state index in [0.29, 0.717) is 5.75 Å². The molecule has 0 aliphatic heterocycles. The molecule has 0 fully saturated rings. The second-order valence-corrected chi connectivity index (χ2v) is 4.18. The summed E-state index contributed by atoms with van der Waals surface area (Å²) in [7, 11) is 1.55. The lowest BCUT2D eigenvalue weighted by Gasteiger charge is -2.10. The van der Waals surface area contributed by atoms with Crippen LogP contribution in [-0.4, -0.2) is 12.2 Å². The third kappa shape index (κ3) is 3.24. The van der Waals surface area contributed by atoms with Crippen molar-refractivity contribution in [2.24, 2.45) is 0 Å². The maximum absolute atomic E-state index is 13.6. The molecule has 0 spiro atoms. The molecule has 5 heteroatoms. The van der Waals surface area contributed by atoms with E-state index in [4.69, 9.17) is 14.6 Å². The van der Waals surface area contributed by atoms with Gasteiger partial charge in [-0.1, -0.05) is 12.1 Å². The van der Waals surface area contributed by atoms with Gasteiger partial charge in [0.15, 0.2) is 17.4 Å². The molecular weight excluding hydrogens is 266 g/mol. The van der Waals surface area contributed by atoms with Crippen molar-refractivity contribution >= 4 is 0 Å². The molecule has 0 bridgehead atoms. The van der Waals surface area contributed by atoms with Crippen molar-refractivity contribution in [1.29, 1.82) is 0 Å². The van der Waals surface area contributed by atoms with Crippen molar-refractivity contribution in [1.82, 2.24) is 0 Å². The molecule has 0 saturated carbocycles. The lowest BCUT2D eigenvalue weighted by molar-refractivity contribution is 0.266. The summed E-state index contributed by atoms with van der Waals surface area (Å²) in [6, 6.07) is 9.06. The minimum absolute atomic E-state index is 0.0380. The molecule has 0 aliphatic rings. The van der Waals surface area contributed by atoms with Crippen LogP contribution in [0.25, 0.3) is 0 Å². The zero-order valence-electron chi connectivity index (χ0n) is 10.9. The van der Waals surface area contributed by atoms with E-state index in [-0.39, 0.29) is 12.2 Å². The van der Waals surface area contributed by atoms with Gasteiger partial charge >= 0.3 is 0 Å². The molecule has 0 unspecified atom stereocenters. The van der Waals surface area contributed by atoms with Crippen LogP contribution in [0, 0.1) is 11.6 Å². The zero-order valence-corrected chi connectivity index (χ0v) is 10.9. The predicted molar refractivity (Wildman–Crippen MR) is 69.6 cm³/mol. The molecule has 0 aromatic heterocycles. The summed E-state index contributed by atoms with van der Waals surface area (Å²) in [5.74, 6) is -1.42. The van der Waals surface area contributed by atoms with Crippen molar-refractivity contribution < 1.29 is 23.4 Å². The molecule has 0 aliphatic carbocycles. The zero-order chi connectivity index (χ0) is 14.5. The van der Waals surface area contributed by atoms with Crippen LogP contribution in [0.3, 0.4) is 0 Å². The summed E-state index contributed by atoms with van der Waals surface area (Å²) >= 11 is 0. The Morgan fingerprint density at radius 3 is 2.10 bits per heavy atom. The number of aliphatic hydroxyl groups excluding tert-OH is 1. The summed E-state index contributed by atoms with van der Waals surface area (Å²) in [5, 5.41) is 8.85. The normalized spacial score (nSPS) is 10.4. The summed E-state index contributed by atoms with van der Waals surface area (Å²) in [4.78, 5) is 0. The SMILES string of the molecule is COc1ccc(COc2c(F)cc(CO)cc2F)cc1. The Hall–Kier alpha value is -2.14. The van der Waals surface area contributed by atoms with Gasteiger partial charge in [0.25, 0.3) is 0 Å². The maximum atomic E-state index is 13.6. The third-order valence-electron chi connectivity index (χ3n) is 2.78. The van der Waals surface area contributed by atoms with Gasteiger partial charge in [-0.15, -0.1) is 0 Å². The van der Waals surface area contributed by atoms with E-state index < -0.39 is 24.0 Å².